The second kappa shape index (κ2) is 6.11. The molecule has 0 atom stereocenters. The summed E-state index contributed by atoms with van der Waals surface area (Å²) in [6.07, 6.45) is 0. The molecule has 0 aliphatic heterocycles. The van der Waals surface area contributed by atoms with E-state index in [-0.39, 0.29) is 5.34 Å². The summed E-state index contributed by atoms with van der Waals surface area (Å²) >= 11 is 27.8. The van der Waals surface area contributed by atoms with Gasteiger partial charge in [0.15, 0.2) is 0 Å². The van der Waals surface area contributed by atoms with Crippen LogP contribution in [0.1, 0.15) is 0 Å². The predicted octanol–water partition coefficient (Wildman–Crippen LogP) is 4.61. The second-order valence-electron chi connectivity index (χ2n) is 1.10. The van der Waals surface area contributed by atoms with E-state index in [1.54, 1.807) is 0 Å². The number of rotatable bonds is 0. The molecule has 0 nitrogen and oxygen atoms in total. The summed E-state index contributed by atoms with van der Waals surface area (Å²) in [6.45, 7) is 0. The molecule has 0 N–H and O–H groups in total. The minimum atomic E-state index is -3.79. The molecular weight excluding hydrogens is 287 g/mol. The molecule has 0 radical (unpaired) electrons. The van der Waals surface area contributed by atoms with Crippen LogP contribution in [0.25, 0.3) is 0 Å². The number of hydrogen-bond acceptors (Lipinski definition) is 0. The highest BCUT2D eigenvalue weighted by molar-refractivity contribution is 6.70. The topological polar surface area (TPSA) is 0 Å². The maximum Gasteiger partial charge on any atom is 0.368 e. The van der Waals surface area contributed by atoms with Crippen molar-refractivity contribution >= 4 is 69.6 Å². The van der Waals surface area contributed by atoms with Crippen LogP contribution in [0, 0.1) is 0 Å². The predicted molar refractivity (Wildman–Crippen MR) is 47.7 cm³/mol. The molecule has 0 fully saturated rings. The van der Waals surface area contributed by atoms with Gasteiger partial charge in [-0.2, -0.15) is 8.78 Å². The Morgan fingerprint density at radius 2 is 1.00 bits per heavy atom. The summed E-state index contributed by atoms with van der Waals surface area (Å²) < 4.78 is 20.5. The van der Waals surface area contributed by atoms with Crippen LogP contribution >= 0.6 is 69.6 Å². The molecule has 0 heterocycles. The normalized spacial score (nSPS) is 12.0. The third-order valence-electron chi connectivity index (χ3n) is 0.321. The van der Waals surface area contributed by atoms with Crippen molar-refractivity contribution < 1.29 is 8.78 Å². The summed E-state index contributed by atoms with van der Waals surface area (Å²) in [5.41, 5.74) is 0. The van der Waals surface area contributed by atoms with E-state index in [9.17, 15) is 8.78 Å². The zero-order valence-electron chi connectivity index (χ0n) is 4.73. The highest BCUT2D eigenvalue weighted by Gasteiger charge is 2.48. The van der Waals surface area contributed by atoms with Gasteiger partial charge in [-0.1, -0.05) is 34.8 Å². The van der Waals surface area contributed by atoms with Gasteiger partial charge in [-0.3, -0.25) is 0 Å². The first kappa shape index (κ1) is 15.1. The average Bonchev–Trinajstić information content (AvgIpc) is 1.60. The van der Waals surface area contributed by atoms with Crippen LogP contribution in [-0.4, -0.2) is 14.5 Å². The Morgan fingerprint density at radius 1 is 0.909 bits per heavy atom. The van der Waals surface area contributed by atoms with Gasteiger partial charge in [-0.25, -0.2) is 0 Å². The lowest BCUT2D eigenvalue weighted by atomic mass is 10.8. The largest absolute Gasteiger partial charge is 0.368 e. The van der Waals surface area contributed by atoms with Crippen molar-refractivity contribution in [2.75, 3.05) is 5.34 Å². The fourth-order valence-electron chi connectivity index (χ4n) is 0. The molecule has 0 saturated heterocycles. The Bertz CT molecular complexity index is 81.0. The van der Waals surface area contributed by atoms with Crippen molar-refractivity contribution in [3.8, 4) is 0 Å². The fourth-order valence-corrected chi connectivity index (χ4v) is 0. The first-order chi connectivity index (χ1) is 4.66. The van der Waals surface area contributed by atoms with Crippen molar-refractivity contribution in [1.29, 1.82) is 0 Å². The van der Waals surface area contributed by atoms with E-state index in [0.717, 1.165) is 0 Å². The highest BCUT2D eigenvalue weighted by atomic mass is 35.6. The molecule has 0 aromatic rings. The van der Waals surface area contributed by atoms with Crippen molar-refractivity contribution in [3.05, 3.63) is 0 Å². The number of alkyl halides is 8. The molecule has 0 spiro atoms. The Balaban J connectivity index is 0. The zero-order chi connectivity index (χ0) is 9.71. The first-order valence-electron chi connectivity index (χ1n) is 1.92. The Morgan fingerprint density at radius 3 is 1.00 bits per heavy atom. The summed E-state index contributed by atoms with van der Waals surface area (Å²) in [5, 5.41) is -3.60. The van der Waals surface area contributed by atoms with Crippen LogP contribution in [0.4, 0.5) is 8.78 Å². The molecule has 0 amide bonds. The maximum atomic E-state index is 11.6. The monoisotopic (exact) mass is 286 g/mol. The Hall–Kier alpha value is 1.60. The van der Waals surface area contributed by atoms with Crippen LogP contribution in [0.3, 0.4) is 0 Å². The number of hydrogen-bond donors (Lipinski definition) is 0. The molecular formula is C3H2Cl6F2. The van der Waals surface area contributed by atoms with Gasteiger partial charge < -0.3 is 0 Å². The lowest BCUT2D eigenvalue weighted by Gasteiger charge is -2.15. The molecule has 0 aromatic carbocycles. The van der Waals surface area contributed by atoms with Gasteiger partial charge >= 0.3 is 5.38 Å². The molecule has 8 heteroatoms. The van der Waals surface area contributed by atoms with Crippen molar-refractivity contribution in [2.45, 2.75) is 9.17 Å². The third-order valence-corrected chi connectivity index (χ3v) is 1.61. The number of halogens is 8. The third kappa shape index (κ3) is 9.51. The van der Waals surface area contributed by atoms with Gasteiger partial charge in [0.2, 0.25) is 0 Å². The quantitative estimate of drug-likeness (QED) is 0.571. The second-order valence-corrected chi connectivity index (χ2v) is 4.66. The van der Waals surface area contributed by atoms with E-state index in [0.29, 0.717) is 0 Å². The standard InChI is InChI=1S/C2Cl4F2.CH2Cl2/c3-1(4,5)2(6,7)8;2-1-3/h;1H2. The molecule has 0 unspecified atom stereocenters. The van der Waals surface area contributed by atoms with E-state index >= 15 is 0 Å². The molecule has 0 aliphatic rings. The summed E-state index contributed by atoms with van der Waals surface area (Å²) in [6, 6.07) is 0. The van der Waals surface area contributed by atoms with Crippen molar-refractivity contribution in [2.24, 2.45) is 0 Å². The van der Waals surface area contributed by atoms with E-state index < -0.39 is 9.17 Å². The fraction of sp³-hybridized carbons (Fsp3) is 1.00. The maximum absolute atomic E-state index is 11.6. The Labute approximate surface area is 92.6 Å². The van der Waals surface area contributed by atoms with Crippen LogP contribution in [0.2, 0.25) is 0 Å². The van der Waals surface area contributed by atoms with Gasteiger partial charge in [0.25, 0.3) is 3.79 Å². The lowest BCUT2D eigenvalue weighted by Crippen LogP contribution is -2.26. The van der Waals surface area contributed by atoms with Crippen molar-refractivity contribution in [1.82, 2.24) is 0 Å². The molecule has 0 rings (SSSR count). The van der Waals surface area contributed by atoms with Crippen LogP contribution in [0.15, 0.2) is 0 Å². The summed E-state index contributed by atoms with van der Waals surface area (Å²) in [4.78, 5) is 0. The van der Waals surface area contributed by atoms with E-state index in [1.165, 1.54) is 0 Å². The van der Waals surface area contributed by atoms with Gasteiger partial charge in [0.1, 0.15) is 0 Å². The van der Waals surface area contributed by atoms with E-state index in [4.69, 9.17) is 23.2 Å². The van der Waals surface area contributed by atoms with Gasteiger partial charge in [-0.05, 0) is 11.6 Å². The van der Waals surface area contributed by atoms with Gasteiger partial charge in [0, 0.05) is 0 Å². The van der Waals surface area contributed by atoms with Gasteiger partial charge in [-0.15, -0.1) is 23.2 Å². The van der Waals surface area contributed by atoms with E-state index in [1.807, 2.05) is 0 Å². The molecule has 70 valence electrons. The molecule has 11 heavy (non-hydrogen) atoms. The van der Waals surface area contributed by atoms with Crippen molar-refractivity contribution in [3.63, 3.8) is 0 Å². The van der Waals surface area contributed by atoms with Crippen LogP contribution in [-0.2, 0) is 0 Å². The lowest BCUT2D eigenvalue weighted by molar-refractivity contribution is 0.101. The Kier molecular flexibility index (Phi) is 8.39. The molecule has 0 aliphatic carbocycles. The zero-order valence-corrected chi connectivity index (χ0v) is 9.27. The smallest absolute Gasteiger partial charge is 0.183 e. The minimum absolute atomic E-state index is 0.194. The van der Waals surface area contributed by atoms with Crippen LogP contribution < -0.4 is 0 Å². The van der Waals surface area contributed by atoms with E-state index in [2.05, 4.69) is 46.4 Å². The van der Waals surface area contributed by atoms with Gasteiger partial charge in [0.05, 0.1) is 5.34 Å². The minimum Gasteiger partial charge on any atom is -0.183 e. The summed E-state index contributed by atoms with van der Waals surface area (Å²) in [7, 11) is 0. The highest BCUT2D eigenvalue weighted by Crippen LogP contribution is 2.44. The average molecular weight is 289 g/mol. The SMILES string of the molecule is ClCCl.FC(F)(Cl)C(Cl)(Cl)Cl. The molecule has 0 saturated carbocycles. The molecule has 0 aromatic heterocycles. The first-order valence-corrected chi connectivity index (χ1v) is 4.50. The molecule has 0 bridgehead atoms. The van der Waals surface area contributed by atoms with Crippen LogP contribution in [0.5, 0.6) is 0 Å². The summed E-state index contributed by atoms with van der Waals surface area (Å²) in [5.74, 6) is 0.